The Bertz CT molecular complexity index is 1260. The van der Waals surface area contributed by atoms with Crippen LogP contribution < -0.4 is 10.9 Å². The van der Waals surface area contributed by atoms with E-state index >= 15 is 0 Å². The Morgan fingerprint density at radius 1 is 1.17 bits per heavy atom. The molecule has 7 nitrogen and oxygen atoms in total. The second-order valence-corrected chi connectivity index (χ2v) is 7.38. The van der Waals surface area contributed by atoms with Gasteiger partial charge in [0.25, 0.3) is 5.56 Å². The number of thioether (sulfide) groups is 1. The summed E-state index contributed by atoms with van der Waals surface area (Å²) in [6.07, 6.45) is 0. The molecule has 4 aromatic rings. The van der Waals surface area contributed by atoms with Gasteiger partial charge in [0.15, 0.2) is 16.6 Å². The van der Waals surface area contributed by atoms with Gasteiger partial charge in [0.05, 0.1) is 5.75 Å². The molecular weight excluding hydrogens is 417 g/mol. The highest BCUT2D eigenvalue weighted by Gasteiger charge is 2.13. The first-order valence-corrected chi connectivity index (χ1v) is 9.78. The molecule has 0 aliphatic heterocycles. The second kappa shape index (κ2) is 8.06. The normalized spacial score (nSPS) is 11.0. The summed E-state index contributed by atoms with van der Waals surface area (Å²) in [5, 5.41) is 6.21. The van der Waals surface area contributed by atoms with Crippen molar-refractivity contribution in [2.24, 2.45) is 0 Å². The number of hydrogen-bond acceptors (Lipinski definition) is 5. The minimum atomic E-state index is -0.383. The maximum absolute atomic E-state index is 13.0. The summed E-state index contributed by atoms with van der Waals surface area (Å²) in [4.78, 5) is 32.9. The number of aromatic nitrogens is 4. The van der Waals surface area contributed by atoms with Crippen molar-refractivity contribution in [2.45, 2.75) is 5.16 Å². The third kappa shape index (κ3) is 4.47. The topological polar surface area (TPSA) is 92.2 Å². The van der Waals surface area contributed by atoms with Crippen LogP contribution in [0, 0.1) is 5.82 Å². The van der Waals surface area contributed by atoms with Crippen molar-refractivity contribution in [2.75, 3.05) is 11.1 Å². The van der Waals surface area contributed by atoms with Gasteiger partial charge in [0.2, 0.25) is 5.91 Å². The monoisotopic (exact) mass is 429 g/mol. The van der Waals surface area contributed by atoms with E-state index in [1.807, 2.05) is 0 Å². The lowest BCUT2D eigenvalue weighted by atomic mass is 10.2. The number of rotatable bonds is 5. The Kier molecular flexibility index (Phi) is 5.32. The number of amides is 1. The Balaban J connectivity index is 1.59. The average Bonchev–Trinajstić information content (AvgIpc) is 3.08. The predicted molar refractivity (Wildman–Crippen MR) is 110 cm³/mol. The van der Waals surface area contributed by atoms with Gasteiger partial charge in [-0.05, 0) is 36.4 Å². The lowest BCUT2D eigenvalue weighted by molar-refractivity contribution is -0.113. The number of anilines is 1. The fraction of sp³-hybridized carbons (Fsp3) is 0.0526. The van der Waals surface area contributed by atoms with Crippen molar-refractivity contribution >= 4 is 40.6 Å². The molecule has 0 atom stereocenters. The van der Waals surface area contributed by atoms with E-state index < -0.39 is 0 Å². The van der Waals surface area contributed by atoms with Gasteiger partial charge in [-0.25, -0.2) is 18.9 Å². The number of benzene rings is 2. The minimum absolute atomic E-state index is 0.0265. The van der Waals surface area contributed by atoms with E-state index in [9.17, 15) is 14.0 Å². The van der Waals surface area contributed by atoms with Crippen LogP contribution in [0.1, 0.15) is 0 Å². The molecule has 2 heterocycles. The van der Waals surface area contributed by atoms with E-state index in [0.717, 1.165) is 11.8 Å². The van der Waals surface area contributed by atoms with Crippen LogP contribution in [-0.4, -0.2) is 31.2 Å². The first-order chi connectivity index (χ1) is 14.0. The van der Waals surface area contributed by atoms with Crippen molar-refractivity contribution in [1.29, 1.82) is 0 Å². The highest BCUT2D eigenvalue weighted by Crippen LogP contribution is 2.23. The number of aromatic amines is 1. The van der Waals surface area contributed by atoms with Crippen LogP contribution in [0.3, 0.4) is 0 Å². The summed E-state index contributed by atoms with van der Waals surface area (Å²) in [6.45, 7) is 0. The summed E-state index contributed by atoms with van der Waals surface area (Å²) in [5.41, 5.74) is 1.21. The molecule has 0 saturated carbocycles. The van der Waals surface area contributed by atoms with Gasteiger partial charge in [-0.3, -0.25) is 14.7 Å². The van der Waals surface area contributed by atoms with Gasteiger partial charge in [-0.2, -0.15) is 0 Å². The van der Waals surface area contributed by atoms with E-state index in [-0.39, 0.29) is 23.0 Å². The quantitative estimate of drug-likeness (QED) is 0.473. The number of nitrogens with zero attached hydrogens (tertiary/aromatic N) is 3. The van der Waals surface area contributed by atoms with Crippen LogP contribution in [0.15, 0.2) is 64.5 Å². The smallest absolute Gasteiger partial charge is 0.266 e. The molecule has 0 aliphatic rings. The molecule has 0 unspecified atom stereocenters. The van der Waals surface area contributed by atoms with Crippen LogP contribution in [0.4, 0.5) is 10.1 Å². The zero-order chi connectivity index (χ0) is 20.4. The largest absolute Gasteiger partial charge is 0.325 e. The molecule has 0 saturated heterocycles. The third-order valence-corrected chi connectivity index (χ3v) is 5.04. The fourth-order valence-corrected chi connectivity index (χ4v) is 3.54. The number of nitrogens with one attached hydrogen (secondary N) is 2. The summed E-state index contributed by atoms with van der Waals surface area (Å²) in [6, 6.07) is 13.8. The SMILES string of the molecule is O=C(CSc1nc(-c2cccc(Cl)c2)nc2cc(=O)[nH]n12)Nc1ccc(F)cc1. The molecule has 2 N–H and O–H groups in total. The van der Waals surface area contributed by atoms with Gasteiger partial charge in [0, 0.05) is 22.3 Å². The van der Waals surface area contributed by atoms with Crippen molar-refractivity contribution in [3.63, 3.8) is 0 Å². The molecule has 10 heteroatoms. The molecule has 0 bridgehead atoms. The lowest BCUT2D eigenvalue weighted by Crippen LogP contribution is -2.15. The van der Waals surface area contributed by atoms with E-state index in [2.05, 4.69) is 20.4 Å². The number of carbonyl (C=O) groups excluding carboxylic acids is 1. The molecule has 0 fully saturated rings. The Morgan fingerprint density at radius 3 is 2.72 bits per heavy atom. The molecule has 29 heavy (non-hydrogen) atoms. The molecule has 146 valence electrons. The summed E-state index contributed by atoms with van der Waals surface area (Å²) >= 11 is 7.18. The molecule has 0 spiro atoms. The van der Waals surface area contributed by atoms with Gasteiger partial charge in [-0.15, -0.1) is 0 Å². The zero-order valence-corrected chi connectivity index (χ0v) is 16.3. The lowest BCUT2D eigenvalue weighted by Gasteiger charge is -2.08. The van der Waals surface area contributed by atoms with Crippen molar-refractivity contribution in [3.8, 4) is 11.4 Å². The molecule has 1 amide bonds. The van der Waals surface area contributed by atoms with Gasteiger partial charge in [-0.1, -0.05) is 35.5 Å². The molecule has 2 aromatic heterocycles. The molecular formula is C19H13ClFN5O2S. The van der Waals surface area contributed by atoms with Gasteiger partial charge < -0.3 is 5.32 Å². The number of fused-ring (bicyclic) bond motifs is 1. The van der Waals surface area contributed by atoms with Crippen molar-refractivity contribution in [1.82, 2.24) is 19.6 Å². The predicted octanol–water partition coefficient (Wildman–Crippen LogP) is 3.61. The third-order valence-electron chi connectivity index (χ3n) is 3.87. The maximum atomic E-state index is 13.0. The molecule has 2 aromatic carbocycles. The van der Waals surface area contributed by atoms with E-state index in [1.165, 1.54) is 34.8 Å². The van der Waals surface area contributed by atoms with Crippen LogP contribution >= 0.6 is 23.4 Å². The van der Waals surface area contributed by atoms with Gasteiger partial charge >= 0.3 is 0 Å². The molecule has 0 aliphatic carbocycles. The molecule has 4 rings (SSSR count). The molecule has 0 radical (unpaired) electrons. The van der Waals surface area contributed by atoms with Gasteiger partial charge in [0.1, 0.15) is 5.82 Å². The summed E-state index contributed by atoms with van der Waals surface area (Å²) in [5.74, 6) is -0.274. The van der Waals surface area contributed by atoms with Crippen molar-refractivity contribution < 1.29 is 9.18 Å². The van der Waals surface area contributed by atoms with Crippen LogP contribution in [0.25, 0.3) is 17.0 Å². The maximum Gasteiger partial charge on any atom is 0.266 e. The highest BCUT2D eigenvalue weighted by atomic mass is 35.5. The Hall–Kier alpha value is -3.17. The summed E-state index contributed by atoms with van der Waals surface area (Å²) < 4.78 is 14.4. The van der Waals surface area contributed by atoms with E-state index in [0.29, 0.717) is 32.9 Å². The Morgan fingerprint density at radius 2 is 1.97 bits per heavy atom. The number of H-pyrrole nitrogens is 1. The fourth-order valence-electron chi connectivity index (χ4n) is 2.60. The van der Waals surface area contributed by atoms with E-state index in [4.69, 9.17) is 11.6 Å². The second-order valence-electron chi connectivity index (χ2n) is 6.00. The first kappa shape index (κ1) is 19.2. The highest BCUT2D eigenvalue weighted by molar-refractivity contribution is 7.99. The standard InChI is InChI=1S/C19H13ClFN5O2S/c20-12-3-1-2-11(8-12)18-23-15-9-16(27)25-26(15)19(24-18)29-10-17(28)22-14-6-4-13(21)5-7-14/h1-9H,10H2,(H,22,28)(H,25,27). The first-order valence-electron chi connectivity index (χ1n) is 8.42. The minimum Gasteiger partial charge on any atom is -0.325 e. The van der Waals surface area contributed by atoms with E-state index in [1.54, 1.807) is 24.3 Å². The van der Waals surface area contributed by atoms with Crippen LogP contribution in [0.2, 0.25) is 5.02 Å². The number of hydrogen-bond donors (Lipinski definition) is 2. The average molecular weight is 430 g/mol. The van der Waals surface area contributed by atoms with Crippen LogP contribution in [-0.2, 0) is 4.79 Å². The van der Waals surface area contributed by atoms with Crippen LogP contribution in [0.5, 0.6) is 0 Å². The van der Waals surface area contributed by atoms with Crippen molar-refractivity contribution in [3.05, 3.63) is 75.8 Å². The number of carbonyl (C=O) groups is 1. The summed E-state index contributed by atoms with van der Waals surface area (Å²) in [7, 11) is 0. The number of halogens is 2. The zero-order valence-electron chi connectivity index (χ0n) is 14.7. The Labute approximate surface area is 172 Å².